The molecule has 1 aliphatic heterocycles. The van der Waals surface area contributed by atoms with Gasteiger partial charge >= 0.3 is 0 Å². The monoisotopic (exact) mass is 314 g/mol. The van der Waals surface area contributed by atoms with E-state index >= 15 is 0 Å². The maximum atomic E-state index is 11.4. The molecule has 1 atom stereocenters. The Morgan fingerprint density at radius 2 is 2.10 bits per heavy atom. The summed E-state index contributed by atoms with van der Waals surface area (Å²) in [5.74, 6) is 2.21. The number of hydrogen-bond acceptors (Lipinski definition) is 4. The Morgan fingerprint density at radius 1 is 1.40 bits per heavy atom. The molecule has 0 radical (unpaired) electrons. The summed E-state index contributed by atoms with van der Waals surface area (Å²) < 4.78 is 22.9. The third-order valence-corrected chi connectivity index (χ3v) is 6.04. The van der Waals surface area contributed by atoms with Gasteiger partial charge in [-0.2, -0.15) is 11.8 Å². The Bertz CT molecular complexity index is 597. The van der Waals surface area contributed by atoms with Crippen LogP contribution in [0.4, 0.5) is 5.69 Å². The van der Waals surface area contributed by atoms with E-state index in [1.54, 1.807) is 18.2 Å². The van der Waals surface area contributed by atoms with Crippen molar-refractivity contribution in [2.45, 2.75) is 38.1 Å². The van der Waals surface area contributed by atoms with Gasteiger partial charge in [-0.05, 0) is 42.2 Å². The minimum Gasteiger partial charge on any atom is -0.381 e. The molecule has 0 aromatic heterocycles. The summed E-state index contributed by atoms with van der Waals surface area (Å²) in [6, 6.07) is 5.34. The number of nitrogens with two attached hydrogens (primary N) is 1. The molecule has 1 heterocycles. The fraction of sp³-hybridized carbons (Fsp3) is 0.571. The van der Waals surface area contributed by atoms with E-state index in [1.165, 1.54) is 5.75 Å². The second-order valence-corrected chi connectivity index (χ2v) is 8.84. The molecule has 0 amide bonds. The van der Waals surface area contributed by atoms with Crippen LogP contribution in [0.5, 0.6) is 0 Å². The van der Waals surface area contributed by atoms with Crippen molar-refractivity contribution in [1.29, 1.82) is 0 Å². The van der Waals surface area contributed by atoms with Crippen molar-refractivity contribution < 1.29 is 8.42 Å². The van der Waals surface area contributed by atoms with E-state index < -0.39 is 10.0 Å². The zero-order valence-corrected chi connectivity index (χ0v) is 13.8. The van der Waals surface area contributed by atoms with Gasteiger partial charge in [0.15, 0.2) is 0 Å². The fourth-order valence-corrected chi connectivity index (χ4v) is 4.32. The molecular formula is C14H22N2O2S2. The Kier molecular flexibility index (Phi) is 4.37. The SMILES string of the molecule is Cc1ccc(S(N)(=O)=O)cc1NC1CSCC(C)(C)C1. The number of rotatable bonds is 3. The number of hydrogen-bond donors (Lipinski definition) is 2. The minimum absolute atomic E-state index is 0.160. The summed E-state index contributed by atoms with van der Waals surface area (Å²) in [4.78, 5) is 0.160. The smallest absolute Gasteiger partial charge is 0.238 e. The van der Waals surface area contributed by atoms with E-state index in [9.17, 15) is 8.42 Å². The molecule has 3 N–H and O–H groups in total. The number of anilines is 1. The van der Waals surface area contributed by atoms with Gasteiger partial charge < -0.3 is 5.32 Å². The lowest BCUT2D eigenvalue weighted by molar-refractivity contribution is 0.358. The third kappa shape index (κ3) is 3.90. The summed E-state index contributed by atoms with van der Waals surface area (Å²) in [6.07, 6.45) is 1.08. The first-order valence-corrected chi connectivity index (χ1v) is 9.35. The molecular weight excluding hydrogens is 292 g/mol. The summed E-state index contributed by atoms with van der Waals surface area (Å²) in [6.45, 7) is 6.50. The van der Waals surface area contributed by atoms with Crippen LogP contribution in [0.2, 0.25) is 0 Å². The van der Waals surface area contributed by atoms with Gasteiger partial charge in [-0.25, -0.2) is 13.6 Å². The first-order chi connectivity index (χ1) is 9.17. The van der Waals surface area contributed by atoms with Gasteiger partial charge in [0, 0.05) is 17.5 Å². The highest BCUT2D eigenvalue weighted by Crippen LogP contribution is 2.35. The summed E-state index contributed by atoms with van der Waals surface area (Å²) >= 11 is 1.94. The largest absolute Gasteiger partial charge is 0.381 e. The molecule has 0 bridgehead atoms. The predicted octanol–water partition coefficient (Wildman–Crippen LogP) is 2.59. The highest BCUT2D eigenvalue weighted by molar-refractivity contribution is 7.99. The zero-order chi connectivity index (χ0) is 15.0. The topological polar surface area (TPSA) is 72.2 Å². The van der Waals surface area contributed by atoms with Crippen LogP contribution in [0.1, 0.15) is 25.8 Å². The normalized spacial score (nSPS) is 22.5. The average Bonchev–Trinajstić information content (AvgIpc) is 2.29. The second-order valence-electron chi connectivity index (χ2n) is 6.25. The molecule has 1 aliphatic rings. The van der Waals surface area contributed by atoms with E-state index in [0.29, 0.717) is 11.5 Å². The Balaban J connectivity index is 2.21. The molecule has 1 fully saturated rings. The maximum absolute atomic E-state index is 11.4. The molecule has 0 saturated carbocycles. The van der Waals surface area contributed by atoms with Crippen LogP contribution in [0, 0.1) is 12.3 Å². The van der Waals surface area contributed by atoms with Crippen molar-refractivity contribution in [3.63, 3.8) is 0 Å². The Morgan fingerprint density at radius 3 is 2.70 bits per heavy atom. The van der Waals surface area contributed by atoms with E-state index in [-0.39, 0.29) is 4.90 Å². The predicted molar refractivity (Wildman–Crippen MR) is 85.7 cm³/mol. The lowest BCUT2D eigenvalue weighted by Crippen LogP contribution is -2.35. The van der Waals surface area contributed by atoms with Gasteiger partial charge in [0.1, 0.15) is 0 Å². The number of aryl methyl sites for hydroxylation is 1. The van der Waals surface area contributed by atoms with Gasteiger partial charge in [-0.3, -0.25) is 0 Å². The van der Waals surface area contributed by atoms with Crippen LogP contribution in [-0.2, 0) is 10.0 Å². The van der Waals surface area contributed by atoms with E-state index in [1.807, 2.05) is 18.7 Å². The maximum Gasteiger partial charge on any atom is 0.238 e. The number of nitrogens with one attached hydrogen (secondary N) is 1. The number of benzene rings is 1. The van der Waals surface area contributed by atoms with Gasteiger partial charge in [-0.15, -0.1) is 0 Å². The first-order valence-electron chi connectivity index (χ1n) is 6.65. The summed E-state index contributed by atoms with van der Waals surface area (Å²) in [7, 11) is -3.65. The van der Waals surface area contributed by atoms with Crippen LogP contribution < -0.4 is 10.5 Å². The van der Waals surface area contributed by atoms with Crippen molar-refractivity contribution in [3.05, 3.63) is 23.8 Å². The van der Waals surface area contributed by atoms with Gasteiger partial charge in [0.25, 0.3) is 0 Å². The van der Waals surface area contributed by atoms with Gasteiger partial charge in [0.2, 0.25) is 10.0 Å². The van der Waals surface area contributed by atoms with Crippen LogP contribution in [0.3, 0.4) is 0 Å². The van der Waals surface area contributed by atoms with E-state index in [0.717, 1.165) is 23.4 Å². The van der Waals surface area contributed by atoms with Crippen molar-refractivity contribution in [3.8, 4) is 0 Å². The number of sulfonamides is 1. The minimum atomic E-state index is -3.65. The quantitative estimate of drug-likeness (QED) is 0.899. The number of thioether (sulfide) groups is 1. The van der Waals surface area contributed by atoms with Crippen LogP contribution in [0.25, 0.3) is 0 Å². The Hall–Kier alpha value is -0.720. The summed E-state index contributed by atoms with van der Waals surface area (Å²) in [5, 5.41) is 8.67. The third-order valence-electron chi connectivity index (χ3n) is 3.51. The standard InChI is InChI=1S/C14H22N2O2S2/c1-10-4-5-12(20(15,17)18)6-13(10)16-11-7-14(2,3)9-19-8-11/h4-6,11,16H,7-9H2,1-3H3,(H2,15,17,18). The molecule has 1 saturated heterocycles. The molecule has 0 spiro atoms. The first kappa shape index (κ1) is 15.7. The van der Waals surface area contributed by atoms with Crippen molar-refractivity contribution in [1.82, 2.24) is 0 Å². The highest BCUT2D eigenvalue weighted by atomic mass is 32.2. The second kappa shape index (κ2) is 5.58. The fourth-order valence-electron chi connectivity index (χ4n) is 2.51. The lowest BCUT2D eigenvalue weighted by atomic mass is 9.87. The highest BCUT2D eigenvalue weighted by Gasteiger charge is 2.28. The van der Waals surface area contributed by atoms with Crippen LogP contribution >= 0.6 is 11.8 Å². The molecule has 112 valence electrons. The van der Waals surface area contributed by atoms with Crippen molar-refractivity contribution >= 4 is 27.5 Å². The van der Waals surface area contributed by atoms with E-state index in [4.69, 9.17) is 5.14 Å². The van der Waals surface area contributed by atoms with Gasteiger partial charge in [0.05, 0.1) is 4.90 Å². The van der Waals surface area contributed by atoms with Crippen LogP contribution in [-0.4, -0.2) is 26.0 Å². The molecule has 4 nitrogen and oxygen atoms in total. The molecule has 1 aromatic rings. The molecule has 2 rings (SSSR count). The van der Waals surface area contributed by atoms with E-state index in [2.05, 4.69) is 19.2 Å². The zero-order valence-electron chi connectivity index (χ0n) is 12.1. The van der Waals surface area contributed by atoms with Crippen molar-refractivity contribution in [2.24, 2.45) is 10.6 Å². The molecule has 6 heteroatoms. The molecule has 1 unspecified atom stereocenters. The number of primary sulfonamides is 1. The summed E-state index contributed by atoms with van der Waals surface area (Å²) in [5.41, 5.74) is 2.21. The lowest BCUT2D eigenvalue weighted by Gasteiger charge is -2.35. The van der Waals surface area contributed by atoms with Crippen molar-refractivity contribution in [2.75, 3.05) is 16.8 Å². The molecule has 0 aliphatic carbocycles. The average molecular weight is 314 g/mol. The van der Waals surface area contributed by atoms with Crippen LogP contribution in [0.15, 0.2) is 23.1 Å². The Labute approximate surface area is 125 Å². The van der Waals surface area contributed by atoms with Gasteiger partial charge in [-0.1, -0.05) is 19.9 Å². The molecule has 20 heavy (non-hydrogen) atoms. The molecule has 1 aromatic carbocycles.